The van der Waals surface area contributed by atoms with Gasteiger partial charge in [0.2, 0.25) is 0 Å². The van der Waals surface area contributed by atoms with Crippen LogP contribution in [0.25, 0.3) is 0 Å². The van der Waals surface area contributed by atoms with Crippen LogP contribution >= 0.6 is 12.6 Å². The molecule has 0 radical (unpaired) electrons. The lowest BCUT2D eigenvalue weighted by molar-refractivity contribution is 0.387. The van der Waals surface area contributed by atoms with E-state index in [0.29, 0.717) is 5.25 Å². The zero-order valence-electron chi connectivity index (χ0n) is 4.59. The van der Waals surface area contributed by atoms with E-state index < -0.39 is 0 Å². The highest BCUT2D eigenvalue weighted by atomic mass is 32.1. The van der Waals surface area contributed by atoms with Gasteiger partial charge in [0.15, 0.2) is 0 Å². The van der Waals surface area contributed by atoms with Crippen molar-refractivity contribution in [3.63, 3.8) is 0 Å². The summed E-state index contributed by atoms with van der Waals surface area (Å²) < 4.78 is 0. The lowest BCUT2D eigenvalue weighted by atomic mass is 10.3. The monoisotopic (exact) mass is 133 g/mol. The van der Waals surface area contributed by atoms with E-state index in [1.165, 1.54) is 0 Å². The van der Waals surface area contributed by atoms with Gasteiger partial charge in [0.1, 0.15) is 6.29 Å². The maximum absolute atomic E-state index is 5.44. The first-order valence-electron chi connectivity index (χ1n) is 2.69. The molecule has 48 valence electrons. The predicted octanol–water partition coefficient (Wildman–Crippen LogP) is -1.28. The van der Waals surface area contributed by atoms with Gasteiger partial charge in [-0.25, -0.2) is 0 Å². The molecule has 0 aromatic carbocycles. The molecule has 1 fully saturated rings. The molecular weight excluding hydrogens is 122 g/mol. The number of thiol groups is 1. The van der Waals surface area contributed by atoms with Crippen molar-refractivity contribution >= 4 is 12.6 Å². The summed E-state index contributed by atoms with van der Waals surface area (Å²) in [4.78, 5) is 0. The largest absolute Gasteiger partial charge is 0.304 e. The average Bonchev–Trinajstić information content (AvgIpc) is 1.77. The maximum Gasteiger partial charge on any atom is 0.109 e. The molecule has 1 saturated heterocycles. The molecule has 3 nitrogen and oxygen atoms in total. The number of nitrogens with two attached hydrogens (primary N) is 1. The first-order valence-corrected chi connectivity index (χ1v) is 3.21. The third-order valence-corrected chi connectivity index (χ3v) is 1.51. The Kier molecular flexibility index (Phi) is 2.13. The van der Waals surface area contributed by atoms with E-state index in [-0.39, 0.29) is 6.29 Å². The smallest absolute Gasteiger partial charge is 0.109 e. The molecule has 4 heteroatoms. The van der Waals surface area contributed by atoms with E-state index in [9.17, 15) is 0 Å². The average molecular weight is 133 g/mol. The lowest BCUT2D eigenvalue weighted by Gasteiger charge is -2.25. The Morgan fingerprint density at radius 1 is 1.38 bits per heavy atom. The first kappa shape index (κ1) is 6.35. The van der Waals surface area contributed by atoms with Crippen LogP contribution in [-0.4, -0.2) is 24.6 Å². The molecule has 0 saturated carbocycles. The Hall–Kier alpha value is 0.230. The van der Waals surface area contributed by atoms with Crippen LogP contribution in [0.2, 0.25) is 0 Å². The fraction of sp³-hybridized carbons (Fsp3) is 1.00. The molecule has 0 atom stereocenters. The van der Waals surface area contributed by atoms with E-state index >= 15 is 0 Å². The third-order valence-electron chi connectivity index (χ3n) is 1.15. The summed E-state index contributed by atoms with van der Waals surface area (Å²) in [5.74, 6) is 0. The van der Waals surface area contributed by atoms with Gasteiger partial charge in [-0.05, 0) is 0 Å². The van der Waals surface area contributed by atoms with Crippen LogP contribution in [0.5, 0.6) is 0 Å². The topological polar surface area (TPSA) is 50.1 Å². The fourth-order valence-corrected chi connectivity index (χ4v) is 0.881. The number of rotatable bonds is 0. The molecule has 8 heavy (non-hydrogen) atoms. The molecule has 0 spiro atoms. The van der Waals surface area contributed by atoms with Crippen molar-refractivity contribution in [3.05, 3.63) is 0 Å². The Bertz CT molecular complexity index is 59.7. The summed E-state index contributed by atoms with van der Waals surface area (Å²) in [5.41, 5.74) is 5.44. The van der Waals surface area contributed by atoms with Crippen LogP contribution in [0.4, 0.5) is 0 Å². The first-order chi connectivity index (χ1) is 3.79. The Morgan fingerprint density at radius 3 is 2.25 bits per heavy atom. The predicted molar refractivity (Wildman–Crippen MR) is 36.8 cm³/mol. The van der Waals surface area contributed by atoms with Gasteiger partial charge in [-0.1, -0.05) is 0 Å². The van der Waals surface area contributed by atoms with Gasteiger partial charge in [0, 0.05) is 18.3 Å². The van der Waals surface area contributed by atoms with Gasteiger partial charge in [-0.15, -0.1) is 0 Å². The van der Waals surface area contributed by atoms with Crippen LogP contribution < -0.4 is 16.4 Å². The van der Waals surface area contributed by atoms with Crippen LogP contribution in [0.1, 0.15) is 0 Å². The summed E-state index contributed by atoms with van der Waals surface area (Å²) in [7, 11) is 0. The highest BCUT2D eigenvalue weighted by Gasteiger charge is 2.11. The van der Waals surface area contributed by atoms with E-state index in [0.717, 1.165) is 13.1 Å². The number of hydrogen-bond donors (Lipinski definition) is 4. The second kappa shape index (κ2) is 2.68. The van der Waals surface area contributed by atoms with Crippen molar-refractivity contribution in [3.8, 4) is 0 Å². The molecule has 1 rings (SSSR count). The van der Waals surface area contributed by atoms with Gasteiger partial charge >= 0.3 is 0 Å². The minimum absolute atomic E-state index is 0.0293. The van der Waals surface area contributed by atoms with E-state index in [4.69, 9.17) is 5.73 Å². The Balaban J connectivity index is 2.19. The molecule has 0 unspecified atom stereocenters. The minimum atomic E-state index is -0.0293. The lowest BCUT2D eigenvalue weighted by Crippen LogP contribution is -2.58. The number of hydrogen-bond acceptors (Lipinski definition) is 4. The molecule has 4 N–H and O–H groups in total. The second-order valence-electron chi connectivity index (χ2n) is 1.95. The normalized spacial score (nSPS) is 39.8. The van der Waals surface area contributed by atoms with Crippen LogP contribution in [0, 0.1) is 0 Å². The van der Waals surface area contributed by atoms with Crippen molar-refractivity contribution in [1.29, 1.82) is 0 Å². The standard InChI is InChI=1S/C4H11N3S/c5-4-6-1-3(8)2-7-4/h3-4,6-8H,1-2,5H2. The quantitative estimate of drug-likeness (QED) is 0.311. The van der Waals surface area contributed by atoms with Crippen molar-refractivity contribution in [1.82, 2.24) is 10.6 Å². The molecule has 0 bridgehead atoms. The summed E-state index contributed by atoms with van der Waals surface area (Å²) in [6.07, 6.45) is -0.0293. The summed E-state index contributed by atoms with van der Waals surface area (Å²) in [6.45, 7) is 1.80. The fourth-order valence-electron chi connectivity index (χ4n) is 0.670. The van der Waals surface area contributed by atoms with E-state index in [2.05, 4.69) is 23.3 Å². The van der Waals surface area contributed by atoms with E-state index in [1.54, 1.807) is 0 Å². The zero-order valence-corrected chi connectivity index (χ0v) is 5.49. The molecular formula is C4H11N3S. The van der Waals surface area contributed by atoms with Gasteiger partial charge in [-0.2, -0.15) is 12.6 Å². The summed E-state index contributed by atoms with van der Waals surface area (Å²) >= 11 is 4.22. The van der Waals surface area contributed by atoms with Crippen molar-refractivity contribution in [2.45, 2.75) is 11.5 Å². The Morgan fingerprint density at radius 2 is 1.88 bits per heavy atom. The van der Waals surface area contributed by atoms with Crippen molar-refractivity contribution < 1.29 is 0 Å². The number of nitrogens with one attached hydrogen (secondary N) is 2. The molecule has 0 amide bonds. The molecule has 1 aliphatic rings. The summed E-state index contributed by atoms with van der Waals surface area (Å²) in [5, 5.41) is 6.46. The molecule has 0 aliphatic carbocycles. The van der Waals surface area contributed by atoms with Crippen LogP contribution in [0.3, 0.4) is 0 Å². The molecule has 0 aromatic rings. The molecule has 0 aromatic heterocycles. The van der Waals surface area contributed by atoms with Gasteiger partial charge in [0.05, 0.1) is 0 Å². The van der Waals surface area contributed by atoms with Crippen molar-refractivity contribution in [2.24, 2.45) is 5.73 Å². The maximum atomic E-state index is 5.44. The highest BCUT2D eigenvalue weighted by molar-refractivity contribution is 7.81. The van der Waals surface area contributed by atoms with Gasteiger partial charge < -0.3 is 5.73 Å². The van der Waals surface area contributed by atoms with Gasteiger partial charge in [0.25, 0.3) is 0 Å². The molecule has 1 aliphatic heterocycles. The van der Waals surface area contributed by atoms with Crippen LogP contribution in [-0.2, 0) is 0 Å². The van der Waals surface area contributed by atoms with Crippen molar-refractivity contribution in [2.75, 3.05) is 13.1 Å². The van der Waals surface area contributed by atoms with E-state index in [1.807, 2.05) is 0 Å². The van der Waals surface area contributed by atoms with Crippen LogP contribution in [0.15, 0.2) is 0 Å². The molecule has 1 heterocycles. The zero-order chi connectivity index (χ0) is 5.98. The third kappa shape index (κ3) is 1.63. The minimum Gasteiger partial charge on any atom is -0.304 e. The SMILES string of the molecule is NC1NCC(S)CN1. The Labute approximate surface area is 54.4 Å². The van der Waals surface area contributed by atoms with Gasteiger partial charge in [-0.3, -0.25) is 10.6 Å². The summed E-state index contributed by atoms with van der Waals surface area (Å²) in [6, 6.07) is 0. The highest BCUT2D eigenvalue weighted by Crippen LogP contribution is 1.93. The second-order valence-corrected chi connectivity index (χ2v) is 2.68.